The molecule has 0 rings (SSSR count). The zero-order valence-electron chi connectivity index (χ0n) is 63.2. The first-order chi connectivity index (χ1) is 48.0. The van der Waals surface area contributed by atoms with Gasteiger partial charge in [0, 0.05) is 12.8 Å². The lowest BCUT2D eigenvalue weighted by Gasteiger charge is -2.24. The summed E-state index contributed by atoms with van der Waals surface area (Å²) in [5.41, 5.74) is 0. The fourth-order valence-corrected chi connectivity index (χ4v) is 11.0. The summed E-state index contributed by atoms with van der Waals surface area (Å²) in [5.74, 6) is -0.853. The van der Waals surface area contributed by atoms with E-state index in [0.717, 1.165) is 135 Å². The highest BCUT2D eigenvalue weighted by Gasteiger charge is 2.27. The van der Waals surface area contributed by atoms with Gasteiger partial charge in [0.25, 0.3) is 0 Å². The number of carbonyl (C=O) groups excluding carboxylic acids is 2. The van der Waals surface area contributed by atoms with Gasteiger partial charge in [0.2, 0.25) is 0 Å². The summed E-state index contributed by atoms with van der Waals surface area (Å²) >= 11 is 0. The van der Waals surface area contributed by atoms with Gasteiger partial charge in [-0.05, 0) is 141 Å². The predicted molar refractivity (Wildman–Crippen MR) is 426 cm³/mol. The smallest absolute Gasteiger partial charge is 0.462 e. The van der Waals surface area contributed by atoms with E-state index in [9.17, 15) is 19.0 Å². The van der Waals surface area contributed by atoms with Crippen LogP contribution in [0, 0.1) is 0 Å². The van der Waals surface area contributed by atoms with Crippen molar-refractivity contribution in [1.29, 1.82) is 0 Å². The molecule has 0 bridgehead atoms. The number of quaternary nitrogens is 1. The number of phosphoric ester groups is 1. The zero-order chi connectivity index (χ0) is 71.1. The van der Waals surface area contributed by atoms with E-state index in [-0.39, 0.29) is 32.0 Å². The number of hydrogen-bond donors (Lipinski definition) is 1. The van der Waals surface area contributed by atoms with Crippen molar-refractivity contribution in [2.45, 2.75) is 302 Å². The molecule has 554 valence electrons. The van der Waals surface area contributed by atoms with Crippen molar-refractivity contribution in [3.8, 4) is 0 Å². The van der Waals surface area contributed by atoms with E-state index in [0.29, 0.717) is 17.4 Å². The van der Waals surface area contributed by atoms with Crippen LogP contribution in [0.4, 0.5) is 0 Å². The van der Waals surface area contributed by atoms with Crippen molar-refractivity contribution in [2.24, 2.45) is 0 Å². The van der Waals surface area contributed by atoms with Crippen LogP contribution in [0.2, 0.25) is 0 Å². The average Bonchev–Trinajstić information content (AvgIpc) is 1.08. The maximum Gasteiger partial charge on any atom is 0.472 e. The highest BCUT2D eigenvalue weighted by molar-refractivity contribution is 7.47. The molecule has 98 heavy (non-hydrogen) atoms. The third-order valence-electron chi connectivity index (χ3n) is 16.1. The minimum atomic E-state index is -4.42. The first kappa shape index (κ1) is 92.8. The summed E-state index contributed by atoms with van der Waals surface area (Å²) in [5, 5.41) is 0. The molecule has 0 heterocycles. The fourth-order valence-electron chi connectivity index (χ4n) is 10.2. The lowest BCUT2D eigenvalue weighted by atomic mass is 10.0. The number of esters is 2. The van der Waals surface area contributed by atoms with Crippen LogP contribution in [-0.2, 0) is 32.7 Å². The number of nitrogens with zero attached hydrogens (tertiary/aromatic N) is 1. The Morgan fingerprint density at radius 2 is 0.551 bits per heavy atom. The van der Waals surface area contributed by atoms with Gasteiger partial charge in [-0.3, -0.25) is 18.6 Å². The Morgan fingerprint density at radius 1 is 0.316 bits per heavy atom. The molecule has 0 aliphatic carbocycles. The van der Waals surface area contributed by atoms with Crippen molar-refractivity contribution in [3.05, 3.63) is 194 Å². The van der Waals surface area contributed by atoms with Crippen LogP contribution in [0.1, 0.15) is 296 Å². The van der Waals surface area contributed by atoms with Gasteiger partial charge in [0.15, 0.2) is 6.10 Å². The summed E-state index contributed by atoms with van der Waals surface area (Å²) in [7, 11) is 1.43. The number of carbonyl (C=O) groups is 2. The normalized spacial score (nSPS) is 14.1. The van der Waals surface area contributed by atoms with Crippen molar-refractivity contribution in [1.82, 2.24) is 0 Å². The molecule has 0 aromatic heterocycles. The van der Waals surface area contributed by atoms with Gasteiger partial charge in [-0.2, -0.15) is 0 Å². The number of hydrogen-bond acceptors (Lipinski definition) is 7. The van der Waals surface area contributed by atoms with Crippen LogP contribution >= 0.6 is 7.82 Å². The van der Waals surface area contributed by atoms with Crippen LogP contribution in [0.5, 0.6) is 0 Å². The molecule has 0 spiro atoms. The van der Waals surface area contributed by atoms with E-state index in [4.69, 9.17) is 18.5 Å². The largest absolute Gasteiger partial charge is 0.472 e. The third kappa shape index (κ3) is 79.8. The lowest BCUT2D eigenvalue weighted by Crippen LogP contribution is -2.37. The highest BCUT2D eigenvalue weighted by atomic mass is 31.2. The molecule has 0 aliphatic heterocycles. The molecule has 10 heteroatoms. The molecule has 0 saturated heterocycles. The number of likely N-dealkylation sites (N-methyl/N-ethyl adjacent to an activating group) is 1. The molecule has 9 nitrogen and oxygen atoms in total. The van der Waals surface area contributed by atoms with Gasteiger partial charge in [-0.1, -0.05) is 337 Å². The fraction of sp³-hybridized carbons (Fsp3) is 0.614. The number of rotatable bonds is 70. The Labute approximate surface area is 603 Å². The molecule has 0 radical (unpaired) electrons. The van der Waals surface area contributed by atoms with Crippen molar-refractivity contribution < 1.29 is 42.1 Å². The molecule has 1 N–H and O–H groups in total. The predicted octanol–water partition coefficient (Wildman–Crippen LogP) is 26.4. The van der Waals surface area contributed by atoms with Crippen molar-refractivity contribution in [3.63, 3.8) is 0 Å². The number of allylic oxidation sites excluding steroid dienone is 32. The lowest BCUT2D eigenvalue weighted by molar-refractivity contribution is -0.870. The second-order valence-electron chi connectivity index (χ2n) is 26.6. The summed E-state index contributed by atoms with van der Waals surface area (Å²) in [6.07, 6.45) is 119. The number of phosphoric acid groups is 1. The number of ether oxygens (including phenoxy) is 2. The Bertz CT molecular complexity index is 2360. The van der Waals surface area contributed by atoms with E-state index in [1.165, 1.54) is 128 Å². The summed E-state index contributed by atoms with van der Waals surface area (Å²) in [6, 6.07) is 0. The molecule has 0 aromatic rings. The second kappa shape index (κ2) is 76.0. The van der Waals surface area contributed by atoms with Gasteiger partial charge in [0.05, 0.1) is 27.7 Å². The maximum atomic E-state index is 12.9. The minimum absolute atomic E-state index is 0.0146. The third-order valence-corrected chi connectivity index (χ3v) is 17.1. The average molecular weight is 1380 g/mol. The molecule has 0 aromatic carbocycles. The van der Waals surface area contributed by atoms with Crippen molar-refractivity contribution >= 4 is 19.8 Å². The zero-order valence-corrected chi connectivity index (χ0v) is 64.1. The van der Waals surface area contributed by atoms with Crippen LogP contribution in [0.25, 0.3) is 0 Å². The molecule has 0 saturated carbocycles. The molecular formula is C88H145NO8P+. The van der Waals surface area contributed by atoms with Crippen molar-refractivity contribution in [2.75, 3.05) is 47.5 Å². The standard InChI is InChI=1S/C88H144NO8P/c1-6-8-10-12-14-16-18-20-22-24-26-28-30-32-34-36-38-40-41-42-43-44-45-46-47-49-50-52-54-56-58-60-62-64-66-68-70-72-74-76-78-80-87(90)94-84-86(85-96-98(92,93)95-83-82-89(3,4)5)97-88(91)81-79-77-75-73-71-69-67-65-63-61-59-57-55-53-51-48-39-37-35-33-31-29-27-25-23-21-19-17-15-13-11-9-7-2/h8-11,14-17,20-23,26-29,32-35,38-40,48,53,55,59,61,65,67,71,73,86H,6-7,12-13,18-19,24-25,30-31,36-37,41-47,49-52,54,56-58,60,62-64,66,68-70,72,74-85H2,1-5H3/p+1/b10-8-,11-9-,16-14-,17-15-,22-20-,23-21-,28-26-,29-27-,34-32-,35-33-,40-38-,48-39-,55-53-,61-59-,67-65-,73-71-. The van der Waals surface area contributed by atoms with Gasteiger partial charge in [-0.15, -0.1) is 0 Å². The highest BCUT2D eigenvalue weighted by Crippen LogP contribution is 2.43. The first-order valence-corrected chi connectivity index (χ1v) is 40.7. The first-order valence-electron chi connectivity index (χ1n) is 39.2. The monoisotopic (exact) mass is 1380 g/mol. The Morgan fingerprint density at radius 3 is 0.837 bits per heavy atom. The summed E-state index contributed by atoms with van der Waals surface area (Å²) in [4.78, 5) is 35.9. The van der Waals surface area contributed by atoms with E-state index in [2.05, 4.69) is 208 Å². The molecular weight excluding hydrogens is 1230 g/mol. The van der Waals surface area contributed by atoms with Crippen LogP contribution in [-0.4, -0.2) is 74.9 Å². The van der Waals surface area contributed by atoms with Gasteiger partial charge >= 0.3 is 19.8 Å². The van der Waals surface area contributed by atoms with Crippen LogP contribution in [0.3, 0.4) is 0 Å². The van der Waals surface area contributed by atoms with Gasteiger partial charge in [-0.25, -0.2) is 4.57 Å². The topological polar surface area (TPSA) is 108 Å². The maximum absolute atomic E-state index is 12.9. The molecule has 0 amide bonds. The van der Waals surface area contributed by atoms with Crippen LogP contribution in [0.15, 0.2) is 194 Å². The van der Waals surface area contributed by atoms with E-state index >= 15 is 0 Å². The minimum Gasteiger partial charge on any atom is -0.462 e. The Hall–Kier alpha value is -5.15. The molecule has 2 atom stereocenters. The van der Waals surface area contributed by atoms with Gasteiger partial charge in [0.1, 0.15) is 19.8 Å². The van der Waals surface area contributed by atoms with Crippen LogP contribution < -0.4 is 0 Å². The second-order valence-corrected chi connectivity index (χ2v) is 28.1. The van der Waals surface area contributed by atoms with E-state index in [1.807, 2.05) is 21.1 Å². The molecule has 2 unspecified atom stereocenters. The number of unbranched alkanes of at least 4 members (excludes halogenated alkanes) is 24. The quantitative estimate of drug-likeness (QED) is 0.0211. The van der Waals surface area contributed by atoms with E-state index in [1.54, 1.807) is 0 Å². The summed E-state index contributed by atoms with van der Waals surface area (Å²) < 4.78 is 34.7. The van der Waals surface area contributed by atoms with E-state index < -0.39 is 26.5 Å². The van der Waals surface area contributed by atoms with Gasteiger partial charge < -0.3 is 18.9 Å². The SMILES string of the molecule is CC/C=C\C/C=C\C/C=C\C/C=C\C/C=C\C/C=C\C/C=C\C/C=C\C/C=C\C/C=C\CCCCC(=O)OC(COC(=O)CCCCCCCCCCCCCCCCCCCCCCCC/C=C\C/C=C\C/C=C\C/C=C\C/C=C\C/C=C\CC)COP(=O)(O)OCC[N+](C)(C)C. The molecule has 0 fully saturated rings. The molecule has 0 aliphatic rings. The Kier molecular flexibility index (Phi) is 72.0. The summed E-state index contributed by atoms with van der Waals surface area (Å²) in [6.45, 7) is 4.15. The Balaban J connectivity index is 4.07.